The van der Waals surface area contributed by atoms with Crippen molar-refractivity contribution in [1.82, 2.24) is 0 Å². The largest absolute Gasteiger partial charge is 0.415 e. The molecule has 0 fully saturated rings. The Bertz CT molecular complexity index is 462. The normalized spacial score (nSPS) is 17.6. The monoisotopic (exact) mass is 221 g/mol. The van der Waals surface area contributed by atoms with Crippen molar-refractivity contribution in [2.75, 3.05) is 0 Å². The number of hydrogen-bond acceptors (Lipinski definition) is 0. The molecule has 1 heteroatoms. The van der Waals surface area contributed by atoms with Crippen molar-refractivity contribution in [3.8, 4) is 0 Å². The standard InChI is InChI=1S/C16H15N/c1-3-8-14(9-4-1)16(17-12-7-13-17)15-10-5-2-6-11-15/h1-13,16-17H. The minimum Gasteiger partial charge on any atom is -0.415 e. The van der Waals surface area contributed by atoms with Crippen LogP contribution in [0.1, 0.15) is 17.2 Å². The molecule has 0 spiro atoms. The summed E-state index contributed by atoms with van der Waals surface area (Å²) in [5, 5.41) is 0. The maximum absolute atomic E-state index is 2.20. The fourth-order valence-corrected chi connectivity index (χ4v) is 2.27. The second kappa shape index (κ2) is 4.48. The zero-order chi connectivity index (χ0) is 11.5. The molecule has 2 aromatic carbocycles. The van der Waals surface area contributed by atoms with Gasteiger partial charge in [0.15, 0.2) is 0 Å². The van der Waals surface area contributed by atoms with E-state index >= 15 is 0 Å². The molecule has 0 aliphatic carbocycles. The second-order valence-corrected chi connectivity index (χ2v) is 4.28. The lowest BCUT2D eigenvalue weighted by atomic mass is 9.96. The third kappa shape index (κ3) is 1.97. The van der Waals surface area contributed by atoms with Gasteiger partial charge in [-0.2, -0.15) is 0 Å². The van der Waals surface area contributed by atoms with E-state index in [1.165, 1.54) is 16.0 Å². The molecular formula is C16H15N. The van der Waals surface area contributed by atoms with Gasteiger partial charge in [0.05, 0.1) is 0 Å². The van der Waals surface area contributed by atoms with E-state index in [0.717, 1.165) is 0 Å². The third-order valence-electron chi connectivity index (χ3n) is 3.18. The summed E-state index contributed by atoms with van der Waals surface area (Å²) in [6.07, 6.45) is 4.30. The molecule has 0 radical (unpaired) electrons. The molecule has 17 heavy (non-hydrogen) atoms. The van der Waals surface area contributed by atoms with Crippen molar-refractivity contribution in [2.24, 2.45) is 0 Å². The topological polar surface area (TPSA) is 4.44 Å². The summed E-state index contributed by atoms with van der Waals surface area (Å²) >= 11 is 0. The van der Waals surface area contributed by atoms with Crippen LogP contribution in [-0.4, -0.2) is 0 Å². The fourth-order valence-electron chi connectivity index (χ4n) is 2.27. The van der Waals surface area contributed by atoms with Crippen molar-refractivity contribution in [1.29, 1.82) is 0 Å². The van der Waals surface area contributed by atoms with Gasteiger partial charge in [-0.05, 0) is 0 Å². The van der Waals surface area contributed by atoms with Gasteiger partial charge in [-0.1, -0.05) is 73.4 Å². The highest BCUT2D eigenvalue weighted by molar-refractivity contribution is 5.30. The first-order chi connectivity index (χ1) is 8.45. The Kier molecular flexibility index (Phi) is 2.68. The van der Waals surface area contributed by atoms with Crippen LogP contribution in [-0.2, 0) is 0 Å². The van der Waals surface area contributed by atoms with Gasteiger partial charge in [-0.3, -0.25) is 0 Å². The molecule has 1 atom stereocenters. The average molecular weight is 221 g/mol. The lowest BCUT2D eigenvalue weighted by Crippen LogP contribution is -3.08. The molecule has 0 saturated heterocycles. The number of rotatable bonds is 3. The van der Waals surface area contributed by atoms with E-state index in [2.05, 4.69) is 79.5 Å². The van der Waals surface area contributed by atoms with Crippen molar-refractivity contribution < 1.29 is 4.90 Å². The predicted octanol–water partition coefficient (Wildman–Crippen LogP) is 2.35. The molecule has 2 aromatic rings. The van der Waals surface area contributed by atoms with Gasteiger partial charge < -0.3 is 4.90 Å². The summed E-state index contributed by atoms with van der Waals surface area (Å²) in [5.41, 5.74) is 2.71. The zero-order valence-corrected chi connectivity index (χ0v) is 9.58. The Balaban J connectivity index is 2.01. The molecule has 3 rings (SSSR count). The molecule has 0 saturated carbocycles. The molecule has 0 amide bonds. The second-order valence-electron chi connectivity index (χ2n) is 4.28. The Morgan fingerprint density at radius 1 is 0.765 bits per heavy atom. The number of nitrogens with one attached hydrogen (secondary N) is 1. The van der Waals surface area contributed by atoms with Crippen LogP contribution in [0.3, 0.4) is 0 Å². The number of quaternary nitrogens is 1. The van der Waals surface area contributed by atoms with Gasteiger partial charge >= 0.3 is 0 Å². The zero-order valence-electron chi connectivity index (χ0n) is 9.58. The maximum atomic E-state index is 2.20. The molecule has 0 aromatic heterocycles. The van der Waals surface area contributed by atoms with Crippen LogP contribution in [0.2, 0.25) is 0 Å². The molecule has 84 valence electrons. The van der Waals surface area contributed by atoms with E-state index in [-0.39, 0.29) is 0 Å². The highest BCUT2D eigenvalue weighted by Crippen LogP contribution is 2.20. The number of benzene rings is 2. The van der Waals surface area contributed by atoms with Crippen molar-refractivity contribution in [3.05, 3.63) is 90.6 Å². The van der Waals surface area contributed by atoms with E-state index in [9.17, 15) is 0 Å². The Labute approximate surface area is 102 Å². The van der Waals surface area contributed by atoms with Crippen molar-refractivity contribution in [3.63, 3.8) is 0 Å². The van der Waals surface area contributed by atoms with Crippen LogP contribution in [0.4, 0.5) is 0 Å². The van der Waals surface area contributed by atoms with E-state index < -0.39 is 0 Å². The van der Waals surface area contributed by atoms with Crippen LogP contribution < -0.4 is 4.90 Å². The summed E-state index contributed by atoms with van der Waals surface area (Å²) in [7, 11) is 0. The summed E-state index contributed by atoms with van der Waals surface area (Å²) in [6.45, 7) is 2.20. The first-order valence-corrected chi connectivity index (χ1v) is 5.93. The summed E-state index contributed by atoms with van der Waals surface area (Å²) in [4.78, 5) is 1.39. The predicted molar refractivity (Wildman–Crippen MR) is 69.1 cm³/mol. The van der Waals surface area contributed by atoms with Gasteiger partial charge in [0.25, 0.3) is 0 Å². The van der Waals surface area contributed by atoms with Gasteiger partial charge in [0, 0.05) is 11.1 Å². The minimum atomic E-state index is 0.377. The SMILES string of the molecule is C1=C[NH+](C(c2ccccc2)c2ccccc2)[CH-]1. The summed E-state index contributed by atoms with van der Waals surface area (Å²) in [6, 6.07) is 21.7. The molecular weight excluding hydrogens is 206 g/mol. The molecule has 1 aliphatic rings. The maximum Gasteiger partial charge on any atom is 0.121 e. The van der Waals surface area contributed by atoms with E-state index in [0.29, 0.717) is 6.04 Å². The lowest BCUT2D eigenvalue weighted by molar-refractivity contribution is -0.854. The van der Waals surface area contributed by atoms with Crippen LogP contribution in [0.15, 0.2) is 72.9 Å². The van der Waals surface area contributed by atoms with Gasteiger partial charge in [-0.15, -0.1) is 6.08 Å². The minimum absolute atomic E-state index is 0.377. The van der Waals surface area contributed by atoms with Crippen molar-refractivity contribution in [2.45, 2.75) is 6.04 Å². The first-order valence-electron chi connectivity index (χ1n) is 5.93. The molecule has 0 bridgehead atoms. The average Bonchev–Trinajstić information content (AvgIpc) is 2.36. The van der Waals surface area contributed by atoms with Crippen molar-refractivity contribution >= 4 is 0 Å². The molecule has 1 heterocycles. The Morgan fingerprint density at radius 2 is 1.24 bits per heavy atom. The fraction of sp³-hybridized carbons (Fsp3) is 0.0625. The molecule has 1 aliphatic heterocycles. The Hall–Kier alpha value is -1.99. The first kappa shape index (κ1) is 10.2. The van der Waals surface area contributed by atoms with E-state index in [4.69, 9.17) is 0 Å². The van der Waals surface area contributed by atoms with Crippen LogP contribution in [0, 0.1) is 6.54 Å². The number of hydrogen-bond donors (Lipinski definition) is 1. The van der Waals surface area contributed by atoms with Crippen LogP contribution in [0.25, 0.3) is 0 Å². The summed E-state index contributed by atoms with van der Waals surface area (Å²) < 4.78 is 0. The highest BCUT2D eigenvalue weighted by Gasteiger charge is 2.21. The van der Waals surface area contributed by atoms with Gasteiger partial charge in [0.2, 0.25) is 0 Å². The third-order valence-corrected chi connectivity index (χ3v) is 3.18. The summed E-state index contributed by atoms with van der Waals surface area (Å²) in [5.74, 6) is 0. The molecule has 1 unspecified atom stereocenters. The molecule has 1 nitrogen and oxygen atoms in total. The van der Waals surface area contributed by atoms with Gasteiger partial charge in [0.1, 0.15) is 6.04 Å². The quantitative estimate of drug-likeness (QED) is 0.759. The lowest BCUT2D eigenvalue weighted by Gasteiger charge is -2.37. The van der Waals surface area contributed by atoms with E-state index in [1.807, 2.05) is 0 Å². The molecule has 1 N–H and O–H groups in total. The van der Waals surface area contributed by atoms with Crippen LogP contribution in [0.5, 0.6) is 0 Å². The highest BCUT2D eigenvalue weighted by atomic mass is 15.2. The van der Waals surface area contributed by atoms with Gasteiger partial charge in [-0.25, -0.2) is 0 Å². The van der Waals surface area contributed by atoms with Crippen LogP contribution >= 0.6 is 0 Å². The Morgan fingerprint density at radius 3 is 1.59 bits per heavy atom. The van der Waals surface area contributed by atoms with E-state index in [1.54, 1.807) is 0 Å². The smallest absolute Gasteiger partial charge is 0.121 e.